The number of benzene rings is 3. The summed E-state index contributed by atoms with van der Waals surface area (Å²) in [5, 5.41) is 11.4. The Morgan fingerprint density at radius 3 is 2.59 bits per heavy atom. The molecule has 0 spiro atoms. The number of aromatic nitrogens is 3. The number of ether oxygens (including phenoxy) is 2. The Bertz CT molecular complexity index is 1230. The van der Waals surface area contributed by atoms with Crippen LogP contribution in [0.1, 0.15) is 18.1 Å². The maximum atomic E-state index is 5.88. The van der Waals surface area contributed by atoms with Crippen molar-refractivity contribution in [3.63, 3.8) is 0 Å². The Hall–Kier alpha value is -3.91. The van der Waals surface area contributed by atoms with E-state index in [4.69, 9.17) is 21.7 Å². The second-order valence-electron chi connectivity index (χ2n) is 6.85. The van der Waals surface area contributed by atoms with Crippen LogP contribution in [0.4, 0.5) is 0 Å². The van der Waals surface area contributed by atoms with E-state index in [1.165, 1.54) is 0 Å². The van der Waals surface area contributed by atoms with Gasteiger partial charge in [0, 0.05) is 5.56 Å². The van der Waals surface area contributed by atoms with Gasteiger partial charge in [0.05, 0.1) is 12.8 Å². The molecular weight excluding hydrogens is 422 g/mol. The molecule has 0 aliphatic carbocycles. The van der Waals surface area contributed by atoms with Crippen LogP contribution < -0.4 is 15.0 Å². The summed E-state index contributed by atoms with van der Waals surface area (Å²) in [4.78, 5) is 0. The molecule has 0 aliphatic rings. The first-order chi connectivity index (χ1) is 15.7. The van der Waals surface area contributed by atoms with Crippen molar-refractivity contribution < 1.29 is 9.47 Å². The molecule has 0 radical (unpaired) electrons. The first kappa shape index (κ1) is 21.3. The molecule has 4 aromatic rings. The summed E-state index contributed by atoms with van der Waals surface area (Å²) in [6.45, 7) is 3.08. The minimum Gasteiger partial charge on any atom is -0.494 e. The summed E-state index contributed by atoms with van der Waals surface area (Å²) in [6, 6.07) is 25.4. The van der Waals surface area contributed by atoms with Crippen molar-refractivity contribution in [2.45, 2.75) is 13.5 Å². The van der Waals surface area contributed by atoms with Crippen LogP contribution in [0.5, 0.6) is 11.5 Å². The van der Waals surface area contributed by atoms with Crippen LogP contribution in [0.15, 0.2) is 84.0 Å². The minimum absolute atomic E-state index is 0.408. The second-order valence-corrected chi connectivity index (χ2v) is 7.24. The van der Waals surface area contributed by atoms with E-state index in [0.717, 1.165) is 28.2 Å². The van der Waals surface area contributed by atoms with E-state index in [1.807, 2.05) is 85.8 Å². The minimum atomic E-state index is 0.408. The van der Waals surface area contributed by atoms with Crippen molar-refractivity contribution in [2.24, 2.45) is 5.10 Å². The van der Waals surface area contributed by atoms with Crippen LogP contribution in [0.2, 0.25) is 0 Å². The molecule has 1 heterocycles. The van der Waals surface area contributed by atoms with Crippen molar-refractivity contribution in [1.82, 2.24) is 14.9 Å². The molecule has 1 aromatic heterocycles. The number of hydrogen-bond acceptors (Lipinski definition) is 6. The van der Waals surface area contributed by atoms with Gasteiger partial charge in [0.1, 0.15) is 18.1 Å². The number of rotatable bonds is 9. The van der Waals surface area contributed by atoms with Gasteiger partial charge in [0.2, 0.25) is 4.77 Å². The van der Waals surface area contributed by atoms with Gasteiger partial charge in [-0.25, -0.2) is 10.6 Å². The van der Waals surface area contributed by atoms with E-state index in [-0.39, 0.29) is 0 Å². The van der Waals surface area contributed by atoms with Crippen LogP contribution in [-0.4, -0.2) is 27.7 Å². The monoisotopic (exact) mass is 445 g/mol. The normalized spacial score (nSPS) is 10.9. The van der Waals surface area contributed by atoms with Gasteiger partial charge < -0.3 is 9.47 Å². The standard InChI is InChI=1S/C24H23N5O2S/c1-2-30-21-13-11-20(12-14-21)23-26-27-24(32)29(23)28-25-16-19-9-6-10-22(15-19)31-17-18-7-4-3-5-8-18/h3-16,28H,2,17H2,1H3,(H,27,32)/b25-16-. The fraction of sp³-hybridized carbons (Fsp3) is 0.125. The summed E-state index contributed by atoms with van der Waals surface area (Å²) in [7, 11) is 0. The first-order valence-corrected chi connectivity index (χ1v) is 10.6. The predicted octanol–water partition coefficient (Wildman–Crippen LogP) is 5.16. The maximum Gasteiger partial charge on any atom is 0.216 e. The second kappa shape index (κ2) is 10.4. The smallest absolute Gasteiger partial charge is 0.216 e. The highest BCUT2D eigenvalue weighted by molar-refractivity contribution is 7.71. The third-order valence-electron chi connectivity index (χ3n) is 4.57. The van der Waals surface area contributed by atoms with E-state index in [0.29, 0.717) is 23.8 Å². The van der Waals surface area contributed by atoms with Crippen molar-refractivity contribution in [2.75, 3.05) is 12.1 Å². The number of nitrogens with one attached hydrogen (secondary N) is 2. The number of aromatic amines is 1. The Labute approximate surface area is 191 Å². The molecule has 8 heteroatoms. The predicted molar refractivity (Wildman–Crippen MR) is 128 cm³/mol. The highest BCUT2D eigenvalue weighted by Gasteiger charge is 2.08. The van der Waals surface area contributed by atoms with E-state index >= 15 is 0 Å². The van der Waals surface area contributed by atoms with Crippen LogP contribution in [0, 0.1) is 4.77 Å². The van der Waals surface area contributed by atoms with E-state index in [2.05, 4.69) is 20.8 Å². The Kier molecular flexibility index (Phi) is 6.94. The number of nitrogens with zero attached hydrogens (tertiary/aromatic N) is 3. The fourth-order valence-electron chi connectivity index (χ4n) is 3.04. The van der Waals surface area contributed by atoms with Gasteiger partial charge in [-0.1, -0.05) is 42.5 Å². The third kappa shape index (κ3) is 5.41. The average molecular weight is 446 g/mol. The molecular formula is C24H23N5O2S. The zero-order valence-corrected chi connectivity index (χ0v) is 18.4. The molecule has 162 valence electrons. The molecule has 0 bridgehead atoms. The Morgan fingerprint density at radius 2 is 1.81 bits per heavy atom. The highest BCUT2D eigenvalue weighted by atomic mass is 32.1. The zero-order valence-electron chi connectivity index (χ0n) is 17.6. The maximum absolute atomic E-state index is 5.88. The molecule has 3 aromatic carbocycles. The van der Waals surface area contributed by atoms with Crippen LogP contribution >= 0.6 is 12.2 Å². The largest absolute Gasteiger partial charge is 0.494 e. The summed E-state index contributed by atoms with van der Waals surface area (Å²) in [5.41, 5.74) is 5.82. The van der Waals surface area contributed by atoms with Crippen molar-refractivity contribution in [3.05, 3.63) is 94.8 Å². The van der Waals surface area contributed by atoms with Crippen molar-refractivity contribution >= 4 is 18.4 Å². The molecule has 0 saturated heterocycles. The van der Waals surface area contributed by atoms with Gasteiger partial charge in [-0.15, -0.1) is 0 Å². The van der Waals surface area contributed by atoms with Gasteiger partial charge >= 0.3 is 0 Å². The van der Waals surface area contributed by atoms with Crippen LogP contribution in [0.3, 0.4) is 0 Å². The molecule has 0 amide bonds. The van der Waals surface area contributed by atoms with Gasteiger partial charge in [-0.3, -0.25) is 0 Å². The Morgan fingerprint density at radius 1 is 1.00 bits per heavy atom. The van der Waals surface area contributed by atoms with E-state index in [1.54, 1.807) is 10.9 Å². The Balaban J connectivity index is 1.43. The van der Waals surface area contributed by atoms with E-state index < -0.39 is 0 Å². The van der Waals surface area contributed by atoms with Gasteiger partial charge in [-0.2, -0.15) is 14.9 Å². The van der Waals surface area contributed by atoms with Crippen molar-refractivity contribution in [3.8, 4) is 22.9 Å². The molecule has 32 heavy (non-hydrogen) atoms. The summed E-state index contributed by atoms with van der Waals surface area (Å²) < 4.78 is 13.4. The van der Waals surface area contributed by atoms with E-state index in [9.17, 15) is 0 Å². The van der Waals surface area contributed by atoms with Gasteiger partial charge in [0.25, 0.3) is 0 Å². The lowest BCUT2D eigenvalue weighted by Crippen LogP contribution is -2.10. The molecule has 0 aliphatic heterocycles. The first-order valence-electron chi connectivity index (χ1n) is 10.2. The SMILES string of the molecule is CCOc1ccc(-c2n[nH]c(=S)n2N/N=C\c2cccc(OCc3ccccc3)c2)cc1. The number of hydrogen-bond donors (Lipinski definition) is 2. The summed E-state index contributed by atoms with van der Waals surface area (Å²) in [6.07, 6.45) is 1.70. The highest BCUT2D eigenvalue weighted by Crippen LogP contribution is 2.20. The lowest BCUT2D eigenvalue weighted by atomic mass is 10.2. The number of H-pyrrole nitrogens is 1. The number of hydrazone groups is 1. The quantitative estimate of drug-likeness (QED) is 0.211. The molecule has 4 rings (SSSR count). The molecule has 2 N–H and O–H groups in total. The molecule has 0 saturated carbocycles. The zero-order chi connectivity index (χ0) is 22.2. The lowest BCUT2D eigenvalue weighted by Gasteiger charge is -2.08. The molecule has 7 nitrogen and oxygen atoms in total. The van der Waals surface area contributed by atoms with Crippen molar-refractivity contribution in [1.29, 1.82) is 0 Å². The third-order valence-corrected chi connectivity index (χ3v) is 4.85. The van der Waals surface area contributed by atoms with Gasteiger partial charge in [0.15, 0.2) is 5.82 Å². The molecule has 0 fully saturated rings. The average Bonchev–Trinajstić information content (AvgIpc) is 3.20. The molecule has 0 atom stereocenters. The van der Waals surface area contributed by atoms with Crippen LogP contribution in [0.25, 0.3) is 11.4 Å². The lowest BCUT2D eigenvalue weighted by molar-refractivity contribution is 0.306. The topological polar surface area (TPSA) is 76.5 Å². The summed E-state index contributed by atoms with van der Waals surface area (Å²) in [5.74, 6) is 2.19. The summed E-state index contributed by atoms with van der Waals surface area (Å²) >= 11 is 5.34. The van der Waals surface area contributed by atoms with Crippen LogP contribution in [-0.2, 0) is 6.61 Å². The molecule has 0 unspecified atom stereocenters. The fourth-order valence-corrected chi connectivity index (χ4v) is 3.21. The van der Waals surface area contributed by atoms with Gasteiger partial charge in [-0.05, 0) is 66.7 Å².